The molecule has 3 aliphatic carbocycles. The van der Waals surface area contributed by atoms with Gasteiger partial charge in [0.2, 0.25) is 0 Å². The van der Waals surface area contributed by atoms with Crippen molar-refractivity contribution in [3.8, 4) is 0 Å². The predicted molar refractivity (Wildman–Crippen MR) is 225 cm³/mol. The average molecular weight is 881 g/mol. The number of hydrogen-bond donors (Lipinski definition) is 4. The largest absolute Gasteiger partial charge is 0.462 e. The van der Waals surface area contributed by atoms with E-state index in [4.69, 9.17) is 33.2 Å². The molecule has 10 rings (SSSR count). The van der Waals surface area contributed by atoms with Crippen molar-refractivity contribution in [2.45, 2.75) is 124 Å². The summed E-state index contributed by atoms with van der Waals surface area (Å²) in [5.74, 6) is -8.32. The molecule has 2 spiro atoms. The van der Waals surface area contributed by atoms with Crippen molar-refractivity contribution in [3.63, 3.8) is 0 Å². The van der Waals surface area contributed by atoms with E-state index in [-0.39, 0.29) is 31.4 Å². The zero-order valence-electron chi connectivity index (χ0n) is 36.0. The van der Waals surface area contributed by atoms with Crippen LogP contribution in [0, 0.1) is 29.6 Å². The molecule has 14 nitrogen and oxygen atoms in total. The Hall–Kier alpha value is -4.51. The van der Waals surface area contributed by atoms with Crippen molar-refractivity contribution in [1.29, 1.82) is 0 Å². The number of carbonyl (C=O) groups excluding carboxylic acids is 3. The minimum Gasteiger partial charge on any atom is -0.462 e. The average Bonchev–Trinajstić information content (AvgIpc) is 3.95. The first-order valence-corrected chi connectivity index (χ1v) is 22.6. The summed E-state index contributed by atoms with van der Waals surface area (Å²) in [5, 5.41) is 50.7. The van der Waals surface area contributed by atoms with E-state index in [1.165, 1.54) is 0 Å². The van der Waals surface area contributed by atoms with Crippen LogP contribution in [0.3, 0.4) is 0 Å². The fourth-order valence-corrected chi connectivity index (χ4v) is 12.9. The lowest BCUT2D eigenvalue weighted by Gasteiger charge is -2.61. The molecule has 3 aromatic carbocycles. The molecule has 4 N–H and O–H groups in total. The zero-order chi connectivity index (χ0) is 44.8. The predicted octanol–water partition coefficient (Wildman–Crippen LogP) is 4.92. The summed E-state index contributed by atoms with van der Waals surface area (Å²) < 4.78 is 46.7. The first kappa shape index (κ1) is 43.4. The molecule has 7 aliphatic rings. The van der Waals surface area contributed by atoms with E-state index >= 15 is 0 Å². The molecule has 3 aromatic rings. The second-order valence-corrected chi connectivity index (χ2v) is 19.2. The number of carbonyl (C=O) groups is 3. The van der Waals surface area contributed by atoms with E-state index in [0.717, 1.165) is 0 Å². The molecule has 340 valence electrons. The third-order valence-corrected chi connectivity index (χ3v) is 15.9. The number of ether oxygens (including phenoxy) is 7. The minimum absolute atomic E-state index is 0.0917. The van der Waals surface area contributed by atoms with Crippen LogP contribution in [-0.4, -0.2) is 117 Å². The van der Waals surface area contributed by atoms with Gasteiger partial charge in [-0.25, -0.2) is 14.4 Å². The number of aliphatic hydroxyl groups excluding tert-OH is 3. The summed E-state index contributed by atoms with van der Waals surface area (Å²) in [6, 6.07) is 25.6. The second-order valence-electron chi connectivity index (χ2n) is 19.2. The molecule has 3 bridgehead atoms. The fourth-order valence-electron chi connectivity index (χ4n) is 12.9. The first-order chi connectivity index (χ1) is 30.8. The summed E-state index contributed by atoms with van der Waals surface area (Å²) in [4.78, 5) is 41.6. The van der Waals surface area contributed by atoms with Crippen LogP contribution in [0.15, 0.2) is 103 Å². The van der Waals surface area contributed by atoms with Gasteiger partial charge in [0.1, 0.15) is 53.4 Å². The molecule has 3 saturated carbocycles. The lowest BCUT2D eigenvalue weighted by Crippen LogP contribution is -2.75. The van der Waals surface area contributed by atoms with Crippen LogP contribution in [0.5, 0.6) is 0 Å². The molecule has 4 saturated heterocycles. The Morgan fingerprint density at radius 2 is 1.36 bits per heavy atom. The smallest absolute Gasteiger partial charge is 0.338 e. The third kappa shape index (κ3) is 6.31. The zero-order valence-corrected chi connectivity index (χ0v) is 36.0. The normalized spacial score (nSPS) is 42.7. The molecular weight excluding hydrogens is 825 g/mol. The number of fused-ring (bicyclic) bond motifs is 1. The van der Waals surface area contributed by atoms with Gasteiger partial charge in [0, 0.05) is 17.8 Å². The third-order valence-electron chi connectivity index (χ3n) is 15.9. The maximum Gasteiger partial charge on any atom is 0.338 e. The molecule has 0 aromatic heterocycles. The van der Waals surface area contributed by atoms with Crippen LogP contribution >= 0.6 is 0 Å². The SMILES string of the molecule is C=C(C)[C@@]12C[C@@H](COC(=O)c3ccccc3)[C@]34OC5(O[C@@H]1[C@H]3[C@@H]1OC1(CO)C(O)[C@]1(O)[C@@H](OC(=O)c3ccccc3)[C@@H](C)[C@H](CC[C@@H](OC(=O)c3ccccc3)CCCC[C@H]5O)[C@@H]14)O2. The van der Waals surface area contributed by atoms with Crippen LogP contribution in [0.4, 0.5) is 0 Å². The molecule has 0 radical (unpaired) electrons. The van der Waals surface area contributed by atoms with Crippen molar-refractivity contribution in [3.05, 3.63) is 120 Å². The number of epoxide rings is 1. The summed E-state index contributed by atoms with van der Waals surface area (Å²) in [6.07, 6.45) is -4.96. The molecular formula is C50H56O14. The van der Waals surface area contributed by atoms with E-state index in [1.807, 2.05) is 13.0 Å². The van der Waals surface area contributed by atoms with Gasteiger partial charge in [-0.3, -0.25) is 0 Å². The van der Waals surface area contributed by atoms with Crippen LogP contribution in [0.1, 0.15) is 89.9 Å². The molecule has 4 aliphatic heterocycles. The van der Waals surface area contributed by atoms with Crippen LogP contribution < -0.4 is 0 Å². The quantitative estimate of drug-likeness (QED) is 0.0978. The van der Waals surface area contributed by atoms with Gasteiger partial charge < -0.3 is 53.6 Å². The molecule has 14 heteroatoms. The Morgan fingerprint density at radius 1 is 0.766 bits per heavy atom. The van der Waals surface area contributed by atoms with Gasteiger partial charge in [-0.2, -0.15) is 0 Å². The Bertz CT molecular complexity index is 2280. The fraction of sp³-hybridized carbons (Fsp3) is 0.540. The molecule has 0 amide bonds. The van der Waals surface area contributed by atoms with E-state index in [0.29, 0.717) is 42.4 Å². The summed E-state index contributed by atoms with van der Waals surface area (Å²) >= 11 is 0. The van der Waals surface area contributed by atoms with Crippen molar-refractivity contribution in [2.75, 3.05) is 13.2 Å². The first-order valence-electron chi connectivity index (χ1n) is 22.6. The molecule has 4 heterocycles. The number of aliphatic hydroxyl groups is 4. The van der Waals surface area contributed by atoms with Crippen molar-refractivity contribution >= 4 is 17.9 Å². The highest BCUT2D eigenvalue weighted by Crippen LogP contribution is 2.75. The van der Waals surface area contributed by atoms with Crippen LogP contribution in [0.25, 0.3) is 0 Å². The van der Waals surface area contributed by atoms with Gasteiger partial charge in [0.05, 0.1) is 35.5 Å². The van der Waals surface area contributed by atoms with Gasteiger partial charge in [-0.1, -0.05) is 74.5 Å². The van der Waals surface area contributed by atoms with E-state index < -0.39 is 119 Å². The number of rotatable bonds is 9. The summed E-state index contributed by atoms with van der Waals surface area (Å²) in [7, 11) is 0. The van der Waals surface area contributed by atoms with Crippen molar-refractivity contribution in [2.24, 2.45) is 29.6 Å². The number of hydrogen-bond acceptors (Lipinski definition) is 14. The molecule has 16 atom stereocenters. The van der Waals surface area contributed by atoms with Gasteiger partial charge in [0.15, 0.2) is 0 Å². The highest BCUT2D eigenvalue weighted by Gasteiger charge is 2.91. The summed E-state index contributed by atoms with van der Waals surface area (Å²) in [5.41, 5.74) is -5.79. The Balaban J connectivity index is 1.16. The topological polar surface area (TPSA) is 200 Å². The van der Waals surface area contributed by atoms with Gasteiger partial charge >= 0.3 is 23.9 Å². The Kier molecular flexibility index (Phi) is 10.7. The maximum absolute atomic E-state index is 14.2. The molecule has 3 unspecified atom stereocenters. The second kappa shape index (κ2) is 15.8. The van der Waals surface area contributed by atoms with Crippen LogP contribution in [-0.2, 0) is 33.2 Å². The van der Waals surface area contributed by atoms with E-state index in [9.17, 15) is 34.8 Å². The standard InChI is InChI=1S/C50H56O14/c1-28(2)46-25-33(26-58-42(53)30-15-7-4-8-16-30)49-37-40(46)62-50(63-46,64-49)36(52)22-14-13-21-34(59-43(54)31-17-9-5-10-18-31)23-24-35-29(3)39(60-44(55)32-19-11-6-12-20-32)48(57,38(35)49)45(56)47(27-51)41(37)61-47/h4-12,15-20,29,33-41,45,51-52,56-57H,1,13-14,21-27H2,2-3H3/t29-,33-,34-,35-,36+,37-,38-,39-,40+,41-,45?,46-,47?,48+,49-,50?/m0/s1. The Morgan fingerprint density at radius 3 is 1.97 bits per heavy atom. The lowest BCUT2D eigenvalue weighted by molar-refractivity contribution is -0.459. The Labute approximate surface area is 371 Å². The van der Waals surface area contributed by atoms with Crippen molar-refractivity contribution < 1.29 is 68.0 Å². The van der Waals surface area contributed by atoms with E-state index in [1.54, 1.807) is 91.9 Å². The van der Waals surface area contributed by atoms with Gasteiger partial charge in [-0.05, 0) is 99.3 Å². The lowest BCUT2D eigenvalue weighted by atomic mass is 9.52. The van der Waals surface area contributed by atoms with Gasteiger partial charge in [0.25, 0.3) is 0 Å². The highest BCUT2D eigenvalue weighted by molar-refractivity contribution is 5.90. The summed E-state index contributed by atoms with van der Waals surface area (Å²) in [6.45, 7) is 7.03. The van der Waals surface area contributed by atoms with E-state index in [2.05, 4.69) is 6.58 Å². The van der Waals surface area contributed by atoms with Crippen LogP contribution in [0.2, 0.25) is 0 Å². The molecule has 7 fully saturated rings. The monoisotopic (exact) mass is 880 g/mol. The number of esters is 3. The number of benzene rings is 3. The highest BCUT2D eigenvalue weighted by atomic mass is 16.9. The maximum atomic E-state index is 14.2. The van der Waals surface area contributed by atoms with Gasteiger partial charge in [-0.15, -0.1) is 0 Å². The molecule has 64 heavy (non-hydrogen) atoms. The van der Waals surface area contributed by atoms with Crippen molar-refractivity contribution in [1.82, 2.24) is 0 Å². The minimum atomic E-state index is -2.41.